The van der Waals surface area contributed by atoms with E-state index in [4.69, 9.17) is 14.5 Å². The Morgan fingerprint density at radius 3 is 2.69 bits per heavy atom. The average molecular weight is 487 g/mol. The van der Waals surface area contributed by atoms with E-state index < -0.39 is 0 Å². The standard InChI is InChI=1S/C30H34N2O2S/c1-6-33-27-15-21(10-13-26(27)34-19-22-9-7-8-20(2)14-22)18-32-29-25(17-31)24-12-11-23(30(3,4)5)16-28(24)35-29/h7-10,13-15,18,23H,6,11-12,16,19H2,1-5H3/t23-/m1/s1. The molecule has 1 atom stereocenters. The molecular weight excluding hydrogens is 452 g/mol. The lowest BCUT2D eigenvalue weighted by Gasteiger charge is -2.33. The van der Waals surface area contributed by atoms with E-state index in [9.17, 15) is 5.26 Å². The van der Waals surface area contributed by atoms with Gasteiger partial charge in [0, 0.05) is 11.1 Å². The largest absolute Gasteiger partial charge is 0.490 e. The summed E-state index contributed by atoms with van der Waals surface area (Å²) in [4.78, 5) is 6.08. The smallest absolute Gasteiger partial charge is 0.161 e. The van der Waals surface area contributed by atoms with Crippen molar-refractivity contribution in [3.63, 3.8) is 0 Å². The molecule has 35 heavy (non-hydrogen) atoms. The van der Waals surface area contributed by atoms with Crippen LogP contribution in [0.25, 0.3) is 0 Å². The van der Waals surface area contributed by atoms with Crippen LogP contribution in [0, 0.1) is 29.6 Å². The van der Waals surface area contributed by atoms with Crippen molar-refractivity contribution >= 4 is 22.6 Å². The number of aryl methyl sites for hydroxylation is 1. The Morgan fingerprint density at radius 2 is 1.97 bits per heavy atom. The zero-order chi connectivity index (χ0) is 25.0. The Balaban J connectivity index is 1.53. The molecule has 0 bridgehead atoms. The van der Waals surface area contributed by atoms with E-state index in [2.05, 4.69) is 52.0 Å². The molecule has 182 valence electrons. The third-order valence-corrected chi connectivity index (χ3v) is 7.82. The molecule has 4 rings (SSSR count). The van der Waals surface area contributed by atoms with E-state index in [0.29, 0.717) is 30.6 Å². The number of hydrogen-bond donors (Lipinski definition) is 0. The maximum Gasteiger partial charge on any atom is 0.161 e. The molecule has 0 unspecified atom stereocenters. The van der Waals surface area contributed by atoms with E-state index in [0.717, 1.165) is 41.0 Å². The van der Waals surface area contributed by atoms with Crippen molar-refractivity contribution in [3.8, 4) is 17.6 Å². The molecule has 0 aliphatic heterocycles. The molecule has 4 nitrogen and oxygen atoms in total. The average Bonchev–Trinajstić information content (AvgIpc) is 3.18. The SMILES string of the molecule is CCOc1cc(C=Nc2sc3c(c2C#N)CC[C@@H](C(C)(C)C)C3)ccc1OCc1cccc(C)c1. The number of benzene rings is 2. The van der Waals surface area contributed by atoms with Gasteiger partial charge < -0.3 is 9.47 Å². The number of nitriles is 1. The van der Waals surface area contributed by atoms with Gasteiger partial charge in [-0.15, -0.1) is 11.3 Å². The maximum atomic E-state index is 9.85. The minimum absolute atomic E-state index is 0.275. The van der Waals surface area contributed by atoms with Gasteiger partial charge in [-0.05, 0) is 79.3 Å². The molecule has 1 aliphatic carbocycles. The van der Waals surface area contributed by atoms with E-state index in [1.165, 1.54) is 16.0 Å². The van der Waals surface area contributed by atoms with Gasteiger partial charge in [0.1, 0.15) is 17.7 Å². The fourth-order valence-corrected chi connectivity index (χ4v) is 5.83. The Labute approximate surface area is 213 Å². The van der Waals surface area contributed by atoms with Crippen molar-refractivity contribution in [1.82, 2.24) is 0 Å². The first-order valence-electron chi connectivity index (χ1n) is 12.3. The van der Waals surface area contributed by atoms with Crippen LogP contribution in [0.15, 0.2) is 47.5 Å². The third kappa shape index (κ3) is 5.94. The van der Waals surface area contributed by atoms with Gasteiger partial charge in [0.15, 0.2) is 11.5 Å². The lowest BCUT2D eigenvalue weighted by molar-refractivity contribution is 0.218. The number of thiophene rings is 1. The van der Waals surface area contributed by atoms with Gasteiger partial charge in [-0.3, -0.25) is 0 Å². The fraction of sp³-hybridized carbons (Fsp3) is 0.400. The van der Waals surface area contributed by atoms with Crippen LogP contribution in [0.2, 0.25) is 0 Å². The summed E-state index contributed by atoms with van der Waals surface area (Å²) in [6.07, 6.45) is 4.96. The first kappa shape index (κ1) is 25.0. The molecule has 3 aromatic rings. The quantitative estimate of drug-likeness (QED) is 0.320. The molecule has 1 aromatic heterocycles. The van der Waals surface area contributed by atoms with Crippen LogP contribution in [0.1, 0.15) is 66.8 Å². The van der Waals surface area contributed by atoms with Crippen LogP contribution in [0.3, 0.4) is 0 Å². The molecule has 0 N–H and O–H groups in total. The molecule has 0 radical (unpaired) electrons. The molecule has 0 fully saturated rings. The van der Waals surface area contributed by atoms with Gasteiger partial charge in [-0.1, -0.05) is 50.6 Å². The van der Waals surface area contributed by atoms with Gasteiger partial charge in [0.05, 0.1) is 12.2 Å². The molecular formula is C30H34N2O2S. The predicted molar refractivity (Wildman–Crippen MR) is 144 cm³/mol. The third-order valence-electron chi connectivity index (χ3n) is 6.66. The minimum atomic E-state index is 0.275. The molecule has 0 amide bonds. The van der Waals surface area contributed by atoms with Crippen LogP contribution in [0.4, 0.5) is 5.00 Å². The van der Waals surface area contributed by atoms with Crippen LogP contribution >= 0.6 is 11.3 Å². The van der Waals surface area contributed by atoms with Gasteiger partial charge in [0.25, 0.3) is 0 Å². The van der Waals surface area contributed by atoms with E-state index in [-0.39, 0.29) is 5.41 Å². The minimum Gasteiger partial charge on any atom is -0.490 e. The second-order valence-electron chi connectivity index (χ2n) is 10.3. The lowest BCUT2D eigenvalue weighted by Crippen LogP contribution is -2.26. The number of ether oxygens (including phenoxy) is 2. The molecule has 5 heteroatoms. The molecule has 1 heterocycles. The summed E-state index contributed by atoms with van der Waals surface area (Å²) in [6, 6.07) is 16.6. The Kier molecular flexibility index (Phi) is 7.62. The molecule has 0 spiro atoms. The highest BCUT2D eigenvalue weighted by Gasteiger charge is 2.32. The van der Waals surface area contributed by atoms with Crippen molar-refractivity contribution < 1.29 is 9.47 Å². The van der Waals surface area contributed by atoms with Crippen LogP contribution < -0.4 is 9.47 Å². The van der Waals surface area contributed by atoms with Crippen molar-refractivity contribution in [2.45, 2.75) is 60.5 Å². The van der Waals surface area contributed by atoms with Crippen LogP contribution in [0.5, 0.6) is 11.5 Å². The maximum absolute atomic E-state index is 9.85. The number of nitrogens with zero attached hydrogens (tertiary/aromatic N) is 2. The predicted octanol–water partition coefficient (Wildman–Crippen LogP) is 7.81. The normalized spacial score (nSPS) is 15.6. The van der Waals surface area contributed by atoms with Gasteiger partial charge in [-0.25, -0.2) is 4.99 Å². The molecule has 1 aliphatic rings. The molecule has 0 saturated heterocycles. The summed E-state index contributed by atoms with van der Waals surface area (Å²) >= 11 is 1.67. The number of aliphatic imine (C=N–C) groups is 1. The topological polar surface area (TPSA) is 54.6 Å². The summed E-state index contributed by atoms with van der Waals surface area (Å²) in [6.45, 7) is 12.0. The number of rotatable bonds is 7. The summed E-state index contributed by atoms with van der Waals surface area (Å²) in [5, 5.41) is 10.7. The van der Waals surface area contributed by atoms with Gasteiger partial charge >= 0.3 is 0 Å². The Bertz CT molecular complexity index is 1260. The number of hydrogen-bond acceptors (Lipinski definition) is 5. The van der Waals surface area contributed by atoms with Crippen molar-refractivity contribution in [3.05, 3.63) is 75.2 Å². The van der Waals surface area contributed by atoms with Crippen molar-refractivity contribution in [2.24, 2.45) is 16.3 Å². The monoisotopic (exact) mass is 486 g/mol. The Hall–Kier alpha value is -3.10. The molecule has 2 aromatic carbocycles. The van der Waals surface area contributed by atoms with Gasteiger partial charge in [-0.2, -0.15) is 5.26 Å². The fourth-order valence-electron chi connectivity index (χ4n) is 4.61. The second kappa shape index (κ2) is 10.7. The highest BCUT2D eigenvalue weighted by molar-refractivity contribution is 7.16. The zero-order valence-electron chi connectivity index (χ0n) is 21.4. The highest BCUT2D eigenvalue weighted by atomic mass is 32.1. The van der Waals surface area contributed by atoms with E-state index in [1.807, 2.05) is 37.4 Å². The molecule has 0 saturated carbocycles. The first-order valence-corrected chi connectivity index (χ1v) is 13.1. The summed E-state index contributed by atoms with van der Waals surface area (Å²) < 4.78 is 11.9. The van der Waals surface area contributed by atoms with Crippen LogP contribution in [-0.2, 0) is 19.4 Å². The summed E-state index contributed by atoms with van der Waals surface area (Å²) in [5.41, 5.74) is 5.48. The van der Waals surface area contributed by atoms with Crippen molar-refractivity contribution in [1.29, 1.82) is 5.26 Å². The highest BCUT2D eigenvalue weighted by Crippen LogP contribution is 2.45. The van der Waals surface area contributed by atoms with Crippen LogP contribution in [-0.4, -0.2) is 12.8 Å². The van der Waals surface area contributed by atoms with Gasteiger partial charge in [0.2, 0.25) is 0 Å². The zero-order valence-corrected chi connectivity index (χ0v) is 22.2. The summed E-state index contributed by atoms with van der Waals surface area (Å²) in [5.74, 6) is 2.05. The van der Waals surface area contributed by atoms with E-state index in [1.54, 1.807) is 11.3 Å². The van der Waals surface area contributed by atoms with E-state index >= 15 is 0 Å². The lowest BCUT2D eigenvalue weighted by atomic mass is 9.72. The second-order valence-corrected chi connectivity index (χ2v) is 11.4. The number of fused-ring (bicyclic) bond motifs is 1. The first-order chi connectivity index (χ1) is 16.8. The summed E-state index contributed by atoms with van der Waals surface area (Å²) in [7, 11) is 0. The Morgan fingerprint density at radius 1 is 1.14 bits per heavy atom. The van der Waals surface area contributed by atoms with Crippen molar-refractivity contribution in [2.75, 3.05) is 6.61 Å².